The first-order valence-corrected chi connectivity index (χ1v) is 8.33. The summed E-state index contributed by atoms with van der Waals surface area (Å²) in [6, 6.07) is 9.50. The number of rotatable bonds is 6. The van der Waals surface area contributed by atoms with E-state index in [1.54, 1.807) is 16.7 Å². The van der Waals surface area contributed by atoms with Gasteiger partial charge in [0.05, 0.1) is 13.2 Å². The third-order valence-electron chi connectivity index (χ3n) is 3.70. The van der Waals surface area contributed by atoms with Crippen molar-refractivity contribution in [1.82, 2.24) is 15.1 Å². The van der Waals surface area contributed by atoms with Gasteiger partial charge in [0.2, 0.25) is 0 Å². The first-order chi connectivity index (χ1) is 11.7. The molecule has 0 radical (unpaired) electrons. The zero-order valence-corrected chi connectivity index (χ0v) is 14.1. The normalized spacial score (nSPS) is 14.2. The molecule has 0 atom stereocenters. The van der Waals surface area contributed by atoms with Gasteiger partial charge in [-0.15, -0.1) is 0 Å². The van der Waals surface area contributed by atoms with Crippen molar-refractivity contribution in [3.63, 3.8) is 0 Å². The second-order valence-corrected chi connectivity index (χ2v) is 5.42. The molecule has 0 bridgehead atoms. The van der Waals surface area contributed by atoms with E-state index in [9.17, 15) is 9.59 Å². The lowest BCUT2D eigenvalue weighted by Crippen LogP contribution is -2.53. The fourth-order valence-corrected chi connectivity index (χ4v) is 2.39. The predicted molar refractivity (Wildman–Crippen MR) is 90.1 cm³/mol. The number of carbonyl (C=O) groups excluding carboxylic acids is 2. The molecular formula is C17H25N3O4. The summed E-state index contributed by atoms with van der Waals surface area (Å²) in [7, 11) is 0. The van der Waals surface area contributed by atoms with Crippen LogP contribution in [-0.2, 0) is 4.74 Å². The maximum absolute atomic E-state index is 12.1. The quantitative estimate of drug-likeness (QED) is 0.807. The number of piperazine rings is 1. The average molecular weight is 335 g/mol. The van der Waals surface area contributed by atoms with E-state index in [-0.39, 0.29) is 12.1 Å². The number of ether oxygens (including phenoxy) is 2. The minimum Gasteiger partial charge on any atom is -0.494 e. The third-order valence-corrected chi connectivity index (χ3v) is 3.70. The molecule has 1 aliphatic rings. The van der Waals surface area contributed by atoms with E-state index in [4.69, 9.17) is 9.47 Å². The molecule has 1 aromatic carbocycles. The van der Waals surface area contributed by atoms with Crippen LogP contribution in [0.15, 0.2) is 30.3 Å². The highest BCUT2D eigenvalue weighted by Gasteiger charge is 2.24. The van der Waals surface area contributed by atoms with Crippen LogP contribution in [0, 0.1) is 0 Å². The van der Waals surface area contributed by atoms with Crippen molar-refractivity contribution in [3.8, 4) is 5.75 Å². The van der Waals surface area contributed by atoms with Crippen LogP contribution < -0.4 is 10.1 Å². The molecule has 24 heavy (non-hydrogen) atoms. The topological polar surface area (TPSA) is 71.1 Å². The summed E-state index contributed by atoms with van der Waals surface area (Å²) < 4.78 is 10.5. The molecule has 1 N–H and O–H groups in total. The van der Waals surface area contributed by atoms with Gasteiger partial charge in [0.15, 0.2) is 0 Å². The van der Waals surface area contributed by atoms with Crippen molar-refractivity contribution in [2.24, 2.45) is 0 Å². The van der Waals surface area contributed by atoms with Crippen molar-refractivity contribution < 1.29 is 19.1 Å². The summed E-state index contributed by atoms with van der Waals surface area (Å²) in [5.41, 5.74) is 0. The Bertz CT molecular complexity index is 516. The van der Waals surface area contributed by atoms with Crippen LogP contribution >= 0.6 is 0 Å². The molecule has 0 aliphatic carbocycles. The smallest absolute Gasteiger partial charge is 0.409 e. The van der Waals surface area contributed by atoms with Gasteiger partial charge in [0, 0.05) is 32.7 Å². The Labute approximate surface area is 142 Å². The molecule has 132 valence electrons. The maximum Gasteiger partial charge on any atom is 0.409 e. The lowest BCUT2D eigenvalue weighted by atomic mass is 10.3. The Balaban J connectivity index is 1.57. The molecule has 1 saturated heterocycles. The number of carbonyl (C=O) groups is 2. The number of nitrogens with one attached hydrogen (secondary N) is 1. The van der Waals surface area contributed by atoms with Gasteiger partial charge in [-0.2, -0.15) is 0 Å². The molecule has 0 unspecified atom stereocenters. The van der Waals surface area contributed by atoms with E-state index in [1.165, 1.54) is 0 Å². The first kappa shape index (κ1) is 17.9. The van der Waals surface area contributed by atoms with Crippen molar-refractivity contribution in [2.45, 2.75) is 13.3 Å². The Morgan fingerprint density at radius 1 is 1.08 bits per heavy atom. The van der Waals surface area contributed by atoms with Gasteiger partial charge >= 0.3 is 12.1 Å². The van der Waals surface area contributed by atoms with Crippen LogP contribution in [0.3, 0.4) is 0 Å². The number of hydrogen-bond acceptors (Lipinski definition) is 4. The molecule has 1 aromatic rings. The van der Waals surface area contributed by atoms with E-state index in [2.05, 4.69) is 5.32 Å². The van der Waals surface area contributed by atoms with Crippen molar-refractivity contribution >= 4 is 12.1 Å². The molecule has 0 aromatic heterocycles. The highest BCUT2D eigenvalue weighted by molar-refractivity contribution is 5.75. The van der Waals surface area contributed by atoms with E-state index in [0.29, 0.717) is 45.9 Å². The molecule has 0 saturated carbocycles. The van der Waals surface area contributed by atoms with Crippen LogP contribution in [0.4, 0.5) is 9.59 Å². The maximum atomic E-state index is 12.1. The number of benzene rings is 1. The minimum atomic E-state index is -0.310. The highest BCUT2D eigenvalue weighted by atomic mass is 16.6. The average Bonchev–Trinajstić information content (AvgIpc) is 2.62. The van der Waals surface area contributed by atoms with E-state index in [0.717, 1.165) is 12.2 Å². The number of nitrogens with zero attached hydrogens (tertiary/aromatic N) is 2. The molecule has 3 amide bonds. The summed E-state index contributed by atoms with van der Waals surface area (Å²) in [5, 5.41) is 2.88. The molecule has 0 spiro atoms. The molecule has 7 heteroatoms. The number of hydrogen-bond donors (Lipinski definition) is 1. The molecule has 2 rings (SSSR count). The zero-order chi connectivity index (χ0) is 17.2. The van der Waals surface area contributed by atoms with Gasteiger partial charge in [0.1, 0.15) is 5.75 Å². The standard InChI is InChI=1S/C17H25N3O4/c1-2-23-17(22)20-12-10-19(11-13-20)16(21)18-9-6-14-24-15-7-4-3-5-8-15/h3-5,7-8H,2,6,9-14H2,1H3,(H,18,21). The van der Waals surface area contributed by atoms with Crippen molar-refractivity contribution in [3.05, 3.63) is 30.3 Å². The Hall–Kier alpha value is -2.44. The summed E-state index contributed by atoms with van der Waals surface area (Å²) in [6.45, 7) is 5.31. The lowest BCUT2D eigenvalue weighted by Gasteiger charge is -2.34. The zero-order valence-electron chi connectivity index (χ0n) is 14.1. The molecule has 1 aliphatic heterocycles. The van der Waals surface area contributed by atoms with E-state index in [1.807, 2.05) is 30.3 Å². The Morgan fingerprint density at radius 3 is 2.42 bits per heavy atom. The third kappa shape index (κ3) is 5.64. The van der Waals surface area contributed by atoms with Crippen LogP contribution in [0.5, 0.6) is 5.75 Å². The largest absolute Gasteiger partial charge is 0.494 e. The van der Waals surface area contributed by atoms with Gasteiger partial charge < -0.3 is 24.6 Å². The number of urea groups is 1. The monoisotopic (exact) mass is 335 g/mol. The van der Waals surface area contributed by atoms with E-state index < -0.39 is 0 Å². The van der Waals surface area contributed by atoms with Crippen molar-refractivity contribution in [1.29, 1.82) is 0 Å². The second kappa shape index (κ2) is 9.64. The van der Waals surface area contributed by atoms with Gasteiger partial charge in [-0.1, -0.05) is 18.2 Å². The predicted octanol–water partition coefficient (Wildman–Crippen LogP) is 1.94. The molecular weight excluding hydrogens is 310 g/mol. The lowest BCUT2D eigenvalue weighted by molar-refractivity contribution is 0.0851. The van der Waals surface area contributed by atoms with Crippen LogP contribution in [-0.4, -0.2) is 67.9 Å². The van der Waals surface area contributed by atoms with Gasteiger partial charge in [-0.25, -0.2) is 9.59 Å². The Morgan fingerprint density at radius 2 is 1.75 bits per heavy atom. The number of para-hydroxylation sites is 1. The SMILES string of the molecule is CCOC(=O)N1CCN(C(=O)NCCCOc2ccccc2)CC1. The molecule has 7 nitrogen and oxygen atoms in total. The molecule has 1 fully saturated rings. The van der Waals surface area contributed by atoms with Gasteiger partial charge in [-0.3, -0.25) is 0 Å². The number of amides is 3. The fraction of sp³-hybridized carbons (Fsp3) is 0.529. The van der Waals surface area contributed by atoms with Gasteiger partial charge in [-0.05, 0) is 25.5 Å². The summed E-state index contributed by atoms with van der Waals surface area (Å²) >= 11 is 0. The van der Waals surface area contributed by atoms with Gasteiger partial charge in [0.25, 0.3) is 0 Å². The molecule has 1 heterocycles. The minimum absolute atomic E-state index is 0.0989. The summed E-state index contributed by atoms with van der Waals surface area (Å²) in [4.78, 5) is 27.0. The second-order valence-electron chi connectivity index (χ2n) is 5.42. The summed E-state index contributed by atoms with van der Waals surface area (Å²) in [5.74, 6) is 0.832. The van der Waals surface area contributed by atoms with Crippen molar-refractivity contribution in [2.75, 3.05) is 45.9 Å². The fourth-order valence-electron chi connectivity index (χ4n) is 2.39. The Kier molecular flexibility index (Phi) is 7.20. The first-order valence-electron chi connectivity index (χ1n) is 8.33. The summed E-state index contributed by atoms with van der Waals surface area (Å²) in [6.07, 6.45) is 0.430. The van der Waals surface area contributed by atoms with E-state index >= 15 is 0 Å². The van der Waals surface area contributed by atoms with Crippen LogP contribution in [0.2, 0.25) is 0 Å². The van der Waals surface area contributed by atoms with Crippen LogP contribution in [0.25, 0.3) is 0 Å². The highest BCUT2D eigenvalue weighted by Crippen LogP contribution is 2.08. The van der Waals surface area contributed by atoms with Crippen LogP contribution in [0.1, 0.15) is 13.3 Å².